The zero-order chi connectivity index (χ0) is 10.9. The van der Waals surface area contributed by atoms with Crippen molar-refractivity contribution in [1.29, 1.82) is 0 Å². The number of rotatable bonds is 1. The van der Waals surface area contributed by atoms with Crippen LogP contribution in [0.15, 0.2) is 24.3 Å². The summed E-state index contributed by atoms with van der Waals surface area (Å²) in [6, 6.07) is 8.17. The molecule has 2 rings (SSSR count). The van der Waals surface area contributed by atoms with Gasteiger partial charge in [0, 0.05) is 13.1 Å². The van der Waals surface area contributed by atoms with E-state index in [9.17, 15) is 5.11 Å². The van der Waals surface area contributed by atoms with Crippen LogP contribution in [0, 0.1) is 6.92 Å². The predicted molar refractivity (Wildman–Crippen MR) is 61.8 cm³/mol. The summed E-state index contributed by atoms with van der Waals surface area (Å²) < 4.78 is 0. The van der Waals surface area contributed by atoms with E-state index in [1.165, 1.54) is 5.56 Å². The lowest BCUT2D eigenvalue weighted by molar-refractivity contribution is -0.0207. The molecule has 15 heavy (non-hydrogen) atoms. The molecule has 0 aliphatic carbocycles. The van der Waals surface area contributed by atoms with Crippen LogP contribution in [0.2, 0.25) is 0 Å². The van der Waals surface area contributed by atoms with Crippen LogP contribution < -0.4 is 0 Å². The highest BCUT2D eigenvalue weighted by Gasteiger charge is 2.33. The van der Waals surface area contributed by atoms with E-state index < -0.39 is 5.60 Å². The molecule has 0 amide bonds. The average molecular weight is 205 g/mol. The van der Waals surface area contributed by atoms with Crippen LogP contribution in [0.1, 0.15) is 24.0 Å². The van der Waals surface area contributed by atoms with E-state index in [0.717, 1.165) is 31.5 Å². The summed E-state index contributed by atoms with van der Waals surface area (Å²) in [6.45, 7) is 4.03. The molecule has 0 aromatic heterocycles. The van der Waals surface area contributed by atoms with Crippen molar-refractivity contribution in [2.75, 3.05) is 20.1 Å². The molecule has 1 fully saturated rings. The van der Waals surface area contributed by atoms with Gasteiger partial charge in [0.2, 0.25) is 0 Å². The fourth-order valence-electron chi connectivity index (χ4n) is 2.35. The van der Waals surface area contributed by atoms with Gasteiger partial charge in [0.1, 0.15) is 0 Å². The van der Waals surface area contributed by atoms with Crippen LogP contribution in [0.4, 0.5) is 0 Å². The smallest absolute Gasteiger partial charge is 0.0923 e. The fourth-order valence-corrected chi connectivity index (χ4v) is 2.35. The van der Waals surface area contributed by atoms with Crippen molar-refractivity contribution in [2.45, 2.75) is 25.4 Å². The highest BCUT2D eigenvalue weighted by atomic mass is 16.3. The van der Waals surface area contributed by atoms with Crippen LogP contribution in [0.3, 0.4) is 0 Å². The third-order valence-electron chi connectivity index (χ3n) is 3.46. The molecule has 1 N–H and O–H groups in total. The molecule has 0 unspecified atom stereocenters. The van der Waals surface area contributed by atoms with Crippen LogP contribution in [-0.4, -0.2) is 30.1 Å². The monoisotopic (exact) mass is 205 g/mol. The molecule has 1 aromatic carbocycles. The Bertz CT molecular complexity index is 340. The lowest BCUT2D eigenvalue weighted by atomic mass is 9.82. The minimum atomic E-state index is -0.599. The van der Waals surface area contributed by atoms with Crippen LogP contribution in [-0.2, 0) is 5.60 Å². The van der Waals surface area contributed by atoms with Crippen LogP contribution in [0.25, 0.3) is 0 Å². The normalized spacial score (nSPS) is 21.5. The first kappa shape index (κ1) is 10.7. The van der Waals surface area contributed by atoms with E-state index in [1.54, 1.807) is 0 Å². The van der Waals surface area contributed by atoms with Crippen molar-refractivity contribution in [3.8, 4) is 0 Å². The molecule has 0 atom stereocenters. The van der Waals surface area contributed by atoms with Crippen molar-refractivity contribution < 1.29 is 5.11 Å². The van der Waals surface area contributed by atoms with E-state index in [0.29, 0.717) is 0 Å². The maximum atomic E-state index is 10.6. The molecule has 0 radical (unpaired) electrons. The number of hydrogen-bond acceptors (Lipinski definition) is 2. The average Bonchev–Trinajstić information content (AvgIpc) is 2.23. The summed E-state index contributed by atoms with van der Waals surface area (Å²) in [4.78, 5) is 2.27. The molecule has 1 aliphatic heterocycles. The molecule has 1 heterocycles. The second kappa shape index (κ2) is 3.95. The van der Waals surface area contributed by atoms with Gasteiger partial charge >= 0.3 is 0 Å². The largest absolute Gasteiger partial charge is 0.385 e. The van der Waals surface area contributed by atoms with Gasteiger partial charge < -0.3 is 10.0 Å². The van der Waals surface area contributed by atoms with E-state index in [4.69, 9.17) is 0 Å². The Morgan fingerprint density at radius 1 is 1.20 bits per heavy atom. The highest BCUT2D eigenvalue weighted by Crippen LogP contribution is 2.33. The van der Waals surface area contributed by atoms with Gasteiger partial charge in [0.05, 0.1) is 5.60 Å². The van der Waals surface area contributed by atoms with Gasteiger partial charge in [0.15, 0.2) is 0 Å². The molecule has 0 bridgehead atoms. The molecule has 2 nitrogen and oxygen atoms in total. The Morgan fingerprint density at radius 2 is 1.80 bits per heavy atom. The predicted octanol–water partition coefficient (Wildman–Crippen LogP) is 1.91. The molecule has 0 spiro atoms. The van der Waals surface area contributed by atoms with Gasteiger partial charge in [-0.1, -0.05) is 24.3 Å². The summed E-state index contributed by atoms with van der Waals surface area (Å²) in [5.41, 5.74) is 1.71. The number of aryl methyl sites for hydroxylation is 1. The second-order valence-corrected chi connectivity index (χ2v) is 4.65. The van der Waals surface area contributed by atoms with Gasteiger partial charge in [-0.25, -0.2) is 0 Å². The van der Waals surface area contributed by atoms with Crippen molar-refractivity contribution in [3.63, 3.8) is 0 Å². The molecule has 0 saturated carbocycles. The Balaban J connectivity index is 2.26. The quantitative estimate of drug-likeness (QED) is 0.757. The summed E-state index contributed by atoms with van der Waals surface area (Å²) in [7, 11) is 2.11. The molecule has 82 valence electrons. The molecular formula is C13H19NO. The summed E-state index contributed by atoms with van der Waals surface area (Å²) in [6.07, 6.45) is 1.68. The molecular weight excluding hydrogens is 186 g/mol. The van der Waals surface area contributed by atoms with E-state index in [2.05, 4.69) is 31.0 Å². The van der Waals surface area contributed by atoms with Crippen LogP contribution in [0.5, 0.6) is 0 Å². The Labute approximate surface area is 91.5 Å². The minimum Gasteiger partial charge on any atom is -0.385 e. The minimum absolute atomic E-state index is 0.599. The number of nitrogens with zero attached hydrogens (tertiary/aromatic N) is 1. The first-order chi connectivity index (χ1) is 7.12. The molecule has 1 aromatic rings. The molecule has 2 heteroatoms. The molecule has 1 aliphatic rings. The first-order valence-electron chi connectivity index (χ1n) is 5.59. The van der Waals surface area contributed by atoms with E-state index in [1.807, 2.05) is 12.1 Å². The lowest BCUT2D eigenvalue weighted by Gasteiger charge is -2.37. The Kier molecular flexibility index (Phi) is 2.81. The van der Waals surface area contributed by atoms with Crippen molar-refractivity contribution in [1.82, 2.24) is 4.90 Å². The van der Waals surface area contributed by atoms with Gasteiger partial charge in [0.25, 0.3) is 0 Å². The number of likely N-dealkylation sites (tertiary alicyclic amines) is 1. The SMILES string of the molecule is Cc1ccccc1C1(O)CCN(C)CC1. The van der Waals surface area contributed by atoms with Gasteiger partial charge in [-0.3, -0.25) is 0 Å². The van der Waals surface area contributed by atoms with Gasteiger partial charge in [-0.05, 0) is 37.9 Å². The first-order valence-corrected chi connectivity index (χ1v) is 5.59. The summed E-state index contributed by atoms with van der Waals surface area (Å²) in [5, 5.41) is 10.6. The topological polar surface area (TPSA) is 23.5 Å². The van der Waals surface area contributed by atoms with Crippen molar-refractivity contribution in [2.24, 2.45) is 0 Å². The van der Waals surface area contributed by atoms with Gasteiger partial charge in [-0.2, -0.15) is 0 Å². The van der Waals surface area contributed by atoms with E-state index in [-0.39, 0.29) is 0 Å². The number of hydrogen-bond donors (Lipinski definition) is 1. The third kappa shape index (κ3) is 2.06. The Morgan fingerprint density at radius 3 is 2.40 bits per heavy atom. The zero-order valence-electron chi connectivity index (χ0n) is 9.53. The van der Waals surface area contributed by atoms with E-state index >= 15 is 0 Å². The zero-order valence-corrected chi connectivity index (χ0v) is 9.53. The number of aliphatic hydroxyl groups is 1. The summed E-state index contributed by atoms with van der Waals surface area (Å²) in [5.74, 6) is 0. The van der Waals surface area contributed by atoms with Crippen LogP contribution >= 0.6 is 0 Å². The van der Waals surface area contributed by atoms with Crippen molar-refractivity contribution in [3.05, 3.63) is 35.4 Å². The second-order valence-electron chi connectivity index (χ2n) is 4.65. The fraction of sp³-hybridized carbons (Fsp3) is 0.538. The highest BCUT2D eigenvalue weighted by molar-refractivity contribution is 5.31. The third-order valence-corrected chi connectivity index (χ3v) is 3.46. The summed E-state index contributed by atoms with van der Waals surface area (Å²) >= 11 is 0. The molecule has 1 saturated heterocycles. The lowest BCUT2D eigenvalue weighted by Crippen LogP contribution is -2.41. The Hall–Kier alpha value is -0.860. The maximum absolute atomic E-state index is 10.6. The number of piperidine rings is 1. The van der Waals surface area contributed by atoms with Gasteiger partial charge in [-0.15, -0.1) is 0 Å². The standard InChI is InChI=1S/C13H19NO/c1-11-5-3-4-6-12(11)13(15)7-9-14(2)10-8-13/h3-6,15H,7-10H2,1-2H3. The van der Waals surface area contributed by atoms with Crippen molar-refractivity contribution >= 4 is 0 Å². The maximum Gasteiger partial charge on any atom is 0.0923 e. The number of benzene rings is 1.